The molecule has 3 fully saturated rings. The molecule has 2 amide bonds. The van der Waals surface area contributed by atoms with Crippen molar-refractivity contribution in [3.63, 3.8) is 0 Å². The summed E-state index contributed by atoms with van der Waals surface area (Å²) < 4.78 is 5.33. The summed E-state index contributed by atoms with van der Waals surface area (Å²) in [5.74, 6) is -0.0925. The fourth-order valence-corrected chi connectivity index (χ4v) is 5.68. The molecule has 162 valence electrons. The highest BCUT2D eigenvalue weighted by molar-refractivity contribution is 5.99. The summed E-state index contributed by atoms with van der Waals surface area (Å²) in [7, 11) is 0. The lowest BCUT2D eigenvalue weighted by Gasteiger charge is -2.46. The maximum atomic E-state index is 13.6. The number of hydrogen-bond acceptors (Lipinski definition) is 4. The zero-order chi connectivity index (χ0) is 21.3. The summed E-state index contributed by atoms with van der Waals surface area (Å²) in [6, 6.07) is 8.30. The highest BCUT2D eigenvalue weighted by atomic mass is 16.5. The second-order valence-electron chi connectivity index (χ2n) is 8.82. The van der Waals surface area contributed by atoms with E-state index >= 15 is 0 Å². The molecule has 4 rings (SSSR count). The molecule has 1 aromatic rings. The number of carbonyl (C=O) groups excluding carboxylic acids is 3. The minimum absolute atomic E-state index is 0.0111. The van der Waals surface area contributed by atoms with Gasteiger partial charge in [0.15, 0.2) is 0 Å². The molecule has 6 nitrogen and oxygen atoms in total. The standard InChI is InChI=1S/C24H32N2O4/c1-3-30-24(29)20(14-13-17-9-5-4-6-10-17)25-16(2)22(27)26-19-12-8-7-11-18(19)15-21(26)23(25)28/h4-6,9-10,16,18-21H,3,7-8,11-15H2,1-2H3/t16-,18?,19?,20+,21?/m1/s1. The quantitative estimate of drug-likeness (QED) is 0.674. The van der Waals surface area contributed by atoms with Crippen molar-refractivity contribution in [2.75, 3.05) is 6.61 Å². The van der Waals surface area contributed by atoms with Crippen molar-refractivity contribution < 1.29 is 19.1 Å². The third kappa shape index (κ3) is 3.72. The molecule has 2 heterocycles. The first kappa shape index (κ1) is 20.9. The van der Waals surface area contributed by atoms with Crippen molar-refractivity contribution >= 4 is 17.8 Å². The van der Waals surface area contributed by atoms with Gasteiger partial charge in [0.1, 0.15) is 18.1 Å². The zero-order valence-corrected chi connectivity index (χ0v) is 18.0. The molecule has 30 heavy (non-hydrogen) atoms. The molecular formula is C24H32N2O4. The summed E-state index contributed by atoms with van der Waals surface area (Å²) in [4.78, 5) is 43.2. The number of rotatable bonds is 6. The summed E-state index contributed by atoms with van der Waals surface area (Å²) >= 11 is 0. The molecule has 2 saturated heterocycles. The van der Waals surface area contributed by atoms with Crippen LogP contribution in [0.15, 0.2) is 30.3 Å². The van der Waals surface area contributed by atoms with E-state index in [0.29, 0.717) is 18.8 Å². The van der Waals surface area contributed by atoms with Gasteiger partial charge in [-0.3, -0.25) is 9.59 Å². The van der Waals surface area contributed by atoms with Gasteiger partial charge in [0.05, 0.1) is 6.61 Å². The third-order valence-corrected chi connectivity index (χ3v) is 7.10. The Morgan fingerprint density at radius 2 is 1.87 bits per heavy atom. The number of nitrogens with zero attached hydrogens (tertiary/aromatic N) is 2. The molecule has 0 aromatic heterocycles. The normalized spacial score (nSPS) is 29.4. The molecule has 0 radical (unpaired) electrons. The second-order valence-corrected chi connectivity index (χ2v) is 8.82. The van der Waals surface area contributed by atoms with Gasteiger partial charge in [-0.05, 0) is 57.4 Å². The number of amides is 2. The van der Waals surface area contributed by atoms with E-state index in [1.807, 2.05) is 35.2 Å². The summed E-state index contributed by atoms with van der Waals surface area (Å²) in [6.45, 7) is 3.79. The fraction of sp³-hybridized carbons (Fsp3) is 0.625. The van der Waals surface area contributed by atoms with Crippen LogP contribution in [0.25, 0.3) is 0 Å². The van der Waals surface area contributed by atoms with Crippen LogP contribution in [0.1, 0.15) is 57.9 Å². The zero-order valence-electron chi connectivity index (χ0n) is 18.0. The van der Waals surface area contributed by atoms with Gasteiger partial charge in [0.2, 0.25) is 11.8 Å². The Morgan fingerprint density at radius 3 is 2.60 bits per heavy atom. The Labute approximate surface area is 178 Å². The van der Waals surface area contributed by atoms with Crippen LogP contribution < -0.4 is 0 Å². The van der Waals surface area contributed by atoms with Crippen LogP contribution in [0.3, 0.4) is 0 Å². The molecule has 3 aliphatic rings. The molecular weight excluding hydrogens is 380 g/mol. The highest BCUT2D eigenvalue weighted by Crippen LogP contribution is 2.43. The Bertz CT molecular complexity index is 796. The number of esters is 1. The van der Waals surface area contributed by atoms with Gasteiger partial charge in [-0.2, -0.15) is 0 Å². The van der Waals surface area contributed by atoms with Gasteiger partial charge in [0.25, 0.3) is 0 Å². The first-order valence-corrected chi connectivity index (χ1v) is 11.4. The van der Waals surface area contributed by atoms with Crippen molar-refractivity contribution in [1.82, 2.24) is 9.80 Å². The predicted molar refractivity (Wildman–Crippen MR) is 112 cm³/mol. The number of benzene rings is 1. The Kier molecular flexibility index (Phi) is 6.11. The van der Waals surface area contributed by atoms with E-state index in [0.717, 1.165) is 31.2 Å². The molecule has 5 atom stereocenters. The minimum atomic E-state index is -0.735. The van der Waals surface area contributed by atoms with Gasteiger partial charge >= 0.3 is 5.97 Å². The maximum Gasteiger partial charge on any atom is 0.328 e. The smallest absolute Gasteiger partial charge is 0.328 e. The maximum absolute atomic E-state index is 13.6. The summed E-state index contributed by atoms with van der Waals surface area (Å²) in [6.07, 6.45) is 6.19. The largest absolute Gasteiger partial charge is 0.464 e. The van der Waals surface area contributed by atoms with E-state index in [9.17, 15) is 14.4 Å². The van der Waals surface area contributed by atoms with Crippen LogP contribution in [0.2, 0.25) is 0 Å². The average molecular weight is 413 g/mol. The van der Waals surface area contributed by atoms with Gasteiger partial charge in [-0.15, -0.1) is 0 Å². The number of fused-ring (bicyclic) bond motifs is 3. The Morgan fingerprint density at radius 1 is 1.13 bits per heavy atom. The number of piperazine rings is 1. The molecule has 0 N–H and O–H groups in total. The molecule has 0 spiro atoms. The van der Waals surface area contributed by atoms with E-state index in [-0.39, 0.29) is 24.5 Å². The predicted octanol–water partition coefficient (Wildman–Crippen LogP) is 2.94. The van der Waals surface area contributed by atoms with Crippen molar-refractivity contribution in [2.24, 2.45) is 5.92 Å². The molecule has 1 saturated carbocycles. The molecule has 1 aliphatic carbocycles. The lowest BCUT2D eigenvalue weighted by Crippen LogP contribution is -2.67. The third-order valence-electron chi connectivity index (χ3n) is 7.10. The number of hydrogen-bond donors (Lipinski definition) is 0. The monoisotopic (exact) mass is 412 g/mol. The highest BCUT2D eigenvalue weighted by Gasteiger charge is 2.55. The molecule has 6 heteroatoms. The lowest BCUT2D eigenvalue weighted by molar-refractivity contribution is -0.170. The fourth-order valence-electron chi connectivity index (χ4n) is 5.68. The van der Waals surface area contributed by atoms with Crippen LogP contribution >= 0.6 is 0 Å². The van der Waals surface area contributed by atoms with E-state index < -0.39 is 24.1 Å². The lowest BCUT2D eigenvalue weighted by atomic mass is 9.85. The van der Waals surface area contributed by atoms with Gasteiger partial charge in [0, 0.05) is 6.04 Å². The van der Waals surface area contributed by atoms with Crippen molar-refractivity contribution in [3.8, 4) is 0 Å². The van der Waals surface area contributed by atoms with Crippen LogP contribution in [0.5, 0.6) is 0 Å². The van der Waals surface area contributed by atoms with E-state index in [4.69, 9.17) is 4.74 Å². The Hall–Kier alpha value is -2.37. The van der Waals surface area contributed by atoms with E-state index in [2.05, 4.69) is 0 Å². The van der Waals surface area contributed by atoms with Gasteiger partial charge < -0.3 is 14.5 Å². The van der Waals surface area contributed by atoms with Crippen LogP contribution in [0, 0.1) is 5.92 Å². The first-order chi connectivity index (χ1) is 14.5. The van der Waals surface area contributed by atoms with Crippen LogP contribution in [0.4, 0.5) is 0 Å². The van der Waals surface area contributed by atoms with Crippen molar-refractivity contribution in [3.05, 3.63) is 35.9 Å². The summed E-state index contributed by atoms with van der Waals surface area (Å²) in [5.41, 5.74) is 1.10. The average Bonchev–Trinajstić information content (AvgIpc) is 3.15. The number of ether oxygens (including phenoxy) is 1. The van der Waals surface area contributed by atoms with Crippen LogP contribution in [-0.4, -0.2) is 58.4 Å². The van der Waals surface area contributed by atoms with Crippen molar-refractivity contribution in [2.45, 2.75) is 83.0 Å². The molecule has 1 aromatic carbocycles. The van der Waals surface area contributed by atoms with Gasteiger partial charge in [-0.1, -0.05) is 43.2 Å². The SMILES string of the molecule is CCOC(=O)[C@H](CCc1ccccc1)N1C(=O)C2CC3CCCCC3N2C(=O)[C@H]1C. The summed E-state index contributed by atoms with van der Waals surface area (Å²) in [5, 5.41) is 0. The molecule has 3 unspecified atom stereocenters. The molecule has 2 aliphatic heterocycles. The molecule has 0 bridgehead atoms. The number of aryl methyl sites for hydroxylation is 1. The minimum Gasteiger partial charge on any atom is -0.464 e. The van der Waals surface area contributed by atoms with E-state index in [1.165, 1.54) is 6.42 Å². The van der Waals surface area contributed by atoms with Gasteiger partial charge in [-0.25, -0.2) is 4.79 Å². The second kappa shape index (κ2) is 8.78. The van der Waals surface area contributed by atoms with E-state index in [1.54, 1.807) is 18.7 Å². The van der Waals surface area contributed by atoms with Crippen LogP contribution in [-0.2, 0) is 25.5 Å². The van der Waals surface area contributed by atoms with Crippen molar-refractivity contribution in [1.29, 1.82) is 0 Å². The number of carbonyl (C=O) groups is 3. The Balaban J connectivity index is 1.58. The topological polar surface area (TPSA) is 66.9 Å². The first-order valence-electron chi connectivity index (χ1n) is 11.4.